The quantitative estimate of drug-likeness (QED) is 0.639. The first kappa shape index (κ1) is 19.3. The summed E-state index contributed by atoms with van der Waals surface area (Å²) in [5.41, 5.74) is 2.75. The van der Waals surface area contributed by atoms with E-state index in [4.69, 9.17) is 4.74 Å². The molecule has 0 aliphatic heterocycles. The molecule has 0 saturated heterocycles. The highest BCUT2D eigenvalue weighted by atomic mass is 19.1. The Hall–Kier alpha value is -3.47. The Bertz CT molecular complexity index is 955. The molecular formula is C23H20FNO3. The maximum Gasteiger partial charge on any atom is 0.339 e. The average Bonchev–Trinajstić information content (AvgIpc) is 2.70. The van der Waals surface area contributed by atoms with Gasteiger partial charge in [0.25, 0.3) is 5.91 Å². The van der Waals surface area contributed by atoms with Gasteiger partial charge in [-0.2, -0.15) is 0 Å². The van der Waals surface area contributed by atoms with Crippen LogP contribution in [0.25, 0.3) is 0 Å². The third kappa shape index (κ3) is 5.04. The van der Waals surface area contributed by atoms with Gasteiger partial charge in [-0.15, -0.1) is 0 Å². The van der Waals surface area contributed by atoms with Gasteiger partial charge < -0.3 is 10.1 Å². The number of ether oxygens (including phenoxy) is 1. The van der Waals surface area contributed by atoms with Crippen LogP contribution >= 0.6 is 0 Å². The standard InChI is InChI=1S/C23H20FNO3/c1-16(22(26)25-20-13-11-19(24)12-14-20)28-23(27)21-10-6-5-9-18(21)15-17-7-3-2-4-8-17/h2-14,16H,15H2,1H3,(H,25,26)/t16-/m1/s1. The third-order valence-corrected chi connectivity index (χ3v) is 4.24. The highest BCUT2D eigenvalue weighted by Crippen LogP contribution is 2.17. The number of nitrogens with one attached hydrogen (secondary N) is 1. The van der Waals surface area contributed by atoms with E-state index in [9.17, 15) is 14.0 Å². The lowest BCUT2D eigenvalue weighted by Gasteiger charge is -2.15. The maximum absolute atomic E-state index is 13.0. The van der Waals surface area contributed by atoms with E-state index < -0.39 is 23.8 Å². The van der Waals surface area contributed by atoms with E-state index in [-0.39, 0.29) is 0 Å². The number of halogens is 1. The van der Waals surface area contributed by atoms with E-state index in [1.54, 1.807) is 12.1 Å². The van der Waals surface area contributed by atoms with Gasteiger partial charge in [0.05, 0.1) is 5.56 Å². The Morgan fingerprint density at radius 1 is 0.929 bits per heavy atom. The van der Waals surface area contributed by atoms with E-state index in [1.165, 1.54) is 31.2 Å². The molecule has 0 aromatic heterocycles. The molecule has 0 aliphatic carbocycles. The molecule has 0 heterocycles. The number of anilines is 1. The lowest BCUT2D eigenvalue weighted by atomic mass is 10.00. The molecule has 1 amide bonds. The normalized spacial score (nSPS) is 11.5. The molecule has 3 rings (SSSR count). The minimum atomic E-state index is -0.998. The molecule has 142 valence electrons. The molecule has 0 unspecified atom stereocenters. The summed E-state index contributed by atoms with van der Waals surface area (Å²) < 4.78 is 18.3. The van der Waals surface area contributed by atoms with E-state index in [0.29, 0.717) is 17.7 Å². The molecular weight excluding hydrogens is 357 g/mol. The Labute approximate surface area is 163 Å². The van der Waals surface area contributed by atoms with Crippen LogP contribution in [0.4, 0.5) is 10.1 Å². The van der Waals surface area contributed by atoms with Gasteiger partial charge in [-0.3, -0.25) is 4.79 Å². The van der Waals surface area contributed by atoms with Crippen LogP contribution in [0.3, 0.4) is 0 Å². The van der Waals surface area contributed by atoms with Crippen LogP contribution in [0, 0.1) is 5.82 Å². The van der Waals surface area contributed by atoms with Gasteiger partial charge in [-0.1, -0.05) is 48.5 Å². The van der Waals surface area contributed by atoms with Crippen molar-refractivity contribution in [1.29, 1.82) is 0 Å². The molecule has 1 N–H and O–H groups in total. The predicted molar refractivity (Wildman–Crippen MR) is 106 cm³/mol. The Morgan fingerprint density at radius 3 is 2.29 bits per heavy atom. The van der Waals surface area contributed by atoms with Crippen molar-refractivity contribution in [2.24, 2.45) is 0 Å². The smallest absolute Gasteiger partial charge is 0.339 e. The van der Waals surface area contributed by atoms with Crippen molar-refractivity contribution in [2.75, 3.05) is 5.32 Å². The highest BCUT2D eigenvalue weighted by molar-refractivity contribution is 5.97. The SMILES string of the molecule is C[C@@H](OC(=O)c1ccccc1Cc1ccccc1)C(=O)Nc1ccc(F)cc1. The Morgan fingerprint density at radius 2 is 1.57 bits per heavy atom. The molecule has 4 nitrogen and oxygen atoms in total. The van der Waals surface area contributed by atoms with Gasteiger partial charge >= 0.3 is 5.97 Å². The van der Waals surface area contributed by atoms with Crippen molar-refractivity contribution < 1.29 is 18.7 Å². The molecule has 0 radical (unpaired) electrons. The van der Waals surface area contributed by atoms with Crippen molar-refractivity contribution >= 4 is 17.6 Å². The number of esters is 1. The van der Waals surface area contributed by atoms with Gasteiger partial charge in [0, 0.05) is 5.69 Å². The van der Waals surface area contributed by atoms with Crippen LogP contribution in [0.15, 0.2) is 78.9 Å². The molecule has 0 saturated carbocycles. The van der Waals surface area contributed by atoms with Crippen molar-refractivity contribution in [3.63, 3.8) is 0 Å². The lowest BCUT2D eigenvalue weighted by Crippen LogP contribution is -2.30. The number of amides is 1. The fourth-order valence-corrected chi connectivity index (χ4v) is 2.74. The van der Waals surface area contributed by atoms with Crippen LogP contribution in [0.1, 0.15) is 28.4 Å². The second kappa shape index (κ2) is 8.95. The molecule has 5 heteroatoms. The number of benzene rings is 3. The average molecular weight is 377 g/mol. The molecule has 28 heavy (non-hydrogen) atoms. The number of hydrogen-bond acceptors (Lipinski definition) is 3. The minimum absolute atomic E-state index is 0.396. The van der Waals surface area contributed by atoms with Crippen molar-refractivity contribution in [2.45, 2.75) is 19.4 Å². The Kier molecular flexibility index (Phi) is 6.17. The first-order valence-electron chi connectivity index (χ1n) is 8.92. The van der Waals surface area contributed by atoms with Gasteiger partial charge in [-0.25, -0.2) is 9.18 Å². The van der Waals surface area contributed by atoms with Crippen LogP contribution in [0.5, 0.6) is 0 Å². The van der Waals surface area contributed by atoms with Crippen molar-refractivity contribution in [1.82, 2.24) is 0 Å². The minimum Gasteiger partial charge on any atom is -0.449 e. The van der Waals surface area contributed by atoms with E-state index in [0.717, 1.165) is 11.1 Å². The largest absolute Gasteiger partial charge is 0.449 e. The second-order valence-corrected chi connectivity index (χ2v) is 6.36. The van der Waals surface area contributed by atoms with Crippen molar-refractivity contribution in [3.8, 4) is 0 Å². The van der Waals surface area contributed by atoms with Gasteiger partial charge in [0.2, 0.25) is 0 Å². The van der Waals surface area contributed by atoms with Crippen LogP contribution in [0.2, 0.25) is 0 Å². The van der Waals surface area contributed by atoms with Crippen LogP contribution in [-0.2, 0) is 16.0 Å². The zero-order valence-corrected chi connectivity index (χ0v) is 15.4. The van der Waals surface area contributed by atoms with Crippen LogP contribution in [-0.4, -0.2) is 18.0 Å². The fraction of sp³-hybridized carbons (Fsp3) is 0.130. The molecule has 1 atom stereocenters. The fourth-order valence-electron chi connectivity index (χ4n) is 2.74. The highest BCUT2D eigenvalue weighted by Gasteiger charge is 2.21. The summed E-state index contributed by atoms with van der Waals surface area (Å²) in [4.78, 5) is 24.9. The Balaban J connectivity index is 1.67. The third-order valence-electron chi connectivity index (χ3n) is 4.24. The predicted octanol–water partition coefficient (Wildman–Crippen LogP) is 4.60. The van der Waals surface area contributed by atoms with Crippen molar-refractivity contribution in [3.05, 3.63) is 101 Å². The molecule has 0 bridgehead atoms. The number of carbonyl (C=O) groups is 2. The molecule has 0 aliphatic rings. The summed E-state index contributed by atoms with van der Waals surface area (Å²) in [5.74, 6) is -1.44. The van der Waals surface area contributed by atoms with Gasteiger partial charge in [0.1, 0.15) is 5.82 Å². The maximum atomic E-state index is 13.0. The summed E-state index contributed by atoms with van der Waals surface area (Å²) in [6.45, 7) is 1.50. The molecule has 0 fully saturated rings. The van der Waals surface area contributed by atoms with E-state index in [1.807, 2.05) is 42.5 Å². The number of rotatable bonds is 6. The zero-order valence-electron chi connectivity index (χ0n) is 15.4. The number of hydrogen-bond donors (Lipinski definition) is 1. The first-order valence-corrected chi connectivity index (χ1v) is 8.92. The number of carbonyl (C=O) groups excluding carboxylic acids is 2. The summed E-state index contributed by atoms with van der Waals surface area (Å²) in [5, 5.41) is 2.60. The summed E-state index contributed by atoms with van der Waals surface area (Å²) >= 11 is 0. The van der Waals surface area contributed by atoms with E-state index >= 15 is 0 Å². The topological polar surface area (TPSA) is 55.4 Å². The monoisotopic (exact) mass is 377 g/mol. The second-order valence-electron chi connectivity index (χ2n) is 6.36. The summed E-state index contributed by atoms with van der Waals surface area (Å²) in [6.07, 6.45) is -0.412. The summed E-state index contributed by atoms with van der Waals surface area (Å²) in [6, 6.07) is 22.3. The van der Waals surface area contributed by atoms with E-state index in [2.05, 4.69) is 5.32 Å². The molecule has 0 spiro atoms. The first-order chi connectivity index (χ1) is 13.5. The van der Waals surface area contributed by atoms with Gasteiger partial charge in [-0.05, 0) is 54.8 Å². The molecule has 3 aromatic carbocycles. The summed E-state index contributed by atoms with van der Waals surface area (Å²) in [7, 11) is 0. The molecule has 3 aromatic rings. The van der Waals surface area contributed by atoms with Crippen LogP contribution < -0.4 is 5.32 Å². The lowest BCUT2D eigenvalue weighted by molar-refractivity contribution is -0.123. The zero-order chi connectivity index (χ0) is 19.9. The van der Waals surface area contributed by atoms with Gasteiger partial charge in [0.15, 0.2) is 6.10 Å².